The molecule has 4 fully saturated rings. The smallest absolute Gasteiger partial charge is 0.337 e. The molecule has 0 spiro atoms. The minimum Gasteiger partial charge on any atom is -0.478 e. The van der Waals surface area contributed by atoms with Crippen LogP contribution >= 0.6 is 0 Å². The highest BCUT2D eigenvalue weighted by atomic mass is 16.5. The van der Waals surface area contributed by atoms with E-state index in [0.717, 1.165) is 43.4 Å². The van der Waals surface area contributed by atoms with E-state index in [1.165, 1.54) is 50.4 Å². The topological polar surface area (TPSA) is 92.7 Å². The number of carboxylic acid groups (broad SMARTS) is 1. The molecule has 0 bridgehead atoms. The van der Waals surface area contributed by atoms with Crippen LogP contribution in [0.5, 0.6) is 0 Å². The van der Waals surface area contributed by atoms with Crippen LogP contribution in [0.4, 0.5) is 0 Å². The summed E-state index contributed by atoms with van der Waals surface area (Å²) in [7, 11) is 1.38. The van der Waals surface area contributed by atoms with Gasteiger partial charge in [-0.1, -0.05) is 77.1 Å². The standard InChI is InChI=1S/C47H61NO5/c1-29(2)34-19-24-47(28-48-39(49)27-30-9-11-33(12-10-30)42(52)53-8)26-25-45(6)36(40(34)47)17-18-38-44(5)22-20-35(31-13-15-32(16-14-31)41(50)51)43(3,4)37(44)21-23-46(38,45)7/h9-16,20,34,36-38,40H,1,17-19,21-28H2,2-8H3,(H,48,49)(H,50,51)/t34-,36+,37-,38+,40+,44-,45+,46+,47+/m0/s1. The Hall–Kier alpha value is -3.67. The number of carbonyl (C=O) groups is 3. The van der Waals surface area contributed by atoms with Crippen LogP contribution in [-0.4, -0.2) is 36.6 Å². The van der Waals surface area contributed by atoms with Gasteiger partial charge in [0, 0.05) is 6.54 Å². The van der Waals surface area contributed by atoms with Crippen LogP contribution in [0.3, 0.4) is 0 Å². The Bertz CT molecular complexity index is 1820. The molecule has 284 valence electrons. The van der Waals surface area contributed by atoms with E-state index in [0.29, 0.717) is 47.1 Å². The lowest BCUT2D eigenvalue weighted by atomic mass is 9.32. The second kappa shape index (κ2) is 13.3. The molecule has 53 heavy (non-hydrogen) atoms. The number of aromatic carboxylic acids is 1. The summed E-state index contributed by atoms with van der Waals surface area (Å²) in [5.41, 5.74) is 6.26. The summed E-state index contributed by atoms with van der Waals surface area (Å²) < 4.78 is 4.83. The number of amides is 1. The summed E-state index contributed by atoms with van der Waals surface area (Å²) >= 11 is 0. The first kappa shape index (κ1) is 37.6. The van der Waals surface area contributed by atoms with E-state index in [1.54, 1.807) is 24.3 Å². The van der Waals surface area contributed by atoms with Gasteiger partial charge in [-0.25, -0.2) is 9.59 Å². The van der Waals surface area contributed by atoms with Gasteiger partial charge in [-0.3, -0.25) is 4.79 Å². The third-order valence-electron chi connectivity index (χ3n) is 16.6. The molecular formula is C47H61NO5. The van der Waals surface area contributed by atoms with Crippen molar-refractivity contribution in [3.63, 3.8) is 0 Å². The number of nitrogens with one attached hydrogen (secondary N) is 1. The van der Waals surface area contributed by atoms with E-state index < -0.39 is 5.97 Å². The van der Waals surface area contributed by atoms with Crippen LogP contribution in [0.1, 0.15) is 131 Å². The second-order valence-corrected chi connectivity index (χ2v) is 19.1. The van der Waals surface area contributed by atoms with Gasteiger partial charge in [0.2, 0.25) is 5.91 Å². The highest BCUT2D eigenvalue weighted by molar-refractivity contribution is 5.89. The lowest BCUT2D eigenvalue weighted by molar-refractivity contribution is -0.225. The van der Waals surface area contributed by atoms with Crippen molar-refractivity contribution in [3.8, 4) is 0 Å². The van der Waals surface area contributed by atoms with Crippen molar-refractivity contribution < 1.29 is 24.2 Å². The first-order chi connectivity index (χ1) is 25.0. The summed E-state index contributed by atoms with van der Waals surface area (Å²) in [4.78, 5) is 36.9. The highest BCUT2D eigenvalue weighted by Gasteiger charge is 2.70. The van der Waals surface area contributed by atoms with Gasteiger partial charge >= 0.3 is 11.9 Å². The van der Waals surface area contributed by atoms with Crippen molar-refractivity contribution >= 4 is 23.4 Å². The third kappa shape index (κ3) is 5.84. The molecule has 5 aliphatic rings. The molecule has 0 aliphatic heterocycles. The molecule has 2 aromatic rings. The molecule has 0 radical (unpaired) electrons. The minimum atomic E-state index is -0.880. The van der Waals surface area contributed by atoms with Gasteiger partial charge in [-0.05, 0) is 162 Å². The highest BCUT2D eigenvalue weighted by Crippen LogP contribution is 2.77. The number of ether oxygens (including phenoxy) is 1. The molecule has 6 heteroatoms. The molecule has 5 aliphatic carbocycles. The van der Waals surface area contributed by atoms with Crippen molar-refractivity contribution in [1.29, 1.82) is 0 Å². The van der Waals surface area contributed by atoms with Gasteiger partial charge in [0.05, 0.1) is 24.7 Å². The first-order valence-electron chi connectivity index (χ1n) is 20.1. The van der Waals surface area contributed by atoms with Crippen LogP contribution in [-0.2, 0) is 16.0 Å². The number of esters is 1. The summed E-state index contributed by atoms with van der Waals surface area (Å²) in [5.74, 6) is 1.58. The minimum absolute atomic E-state index is 0.0172. The molecule has 6 nitrogen and oxygen atoms in total. The lowest BCUT2D eigenvalue weighted by Gasteiger charge is -2.72. The Labute approximate surface area is 317 Å². The summed E-state index contributed by atoms with van der Waals surface area (Å²) in [5, 5.41) is 12.9. The molecule has 0 unspecified atom stereocenters. The molecule has 4 saturated carbocycles. The molecule has 2 N–H and O–H groups in total. The van der Waals surface area contributed by atoms with Gasteiger partial charge in [0.25, 0.3) is 0 Å². The number of rotatable bonds is 8. The number of benzene rings is 2. The maximum absolute atomic E-state index is 13.4. The lowest BCUT2D eigenvalue weighted by Crippen LogP contribution is -2.66. The van der Waals surface area contributed by atoms with E-state index >= 15 is 0 Å². The fourth-order valence-electron chi connectivity index (χ4n) is 13.9. The molecule has 7 rings (SSSR count). The largest absolute Gasteiger partial charge is 0.478 e. The van der Waals surface area contributed by atoms with Crippen LogP contribution in [0, 0.1) is 56.7 Å². The zero-order valence-corrected chi connectivity index (χ0v) is 33.1. The van der Waals surface area contributed by atoms with Gasteiger partial charge in [-0.2, -0.15) is 0 Å². The predicted octanol–water partition coefficient (Wildman–Crippen LogP) is 10.2. The molecule has 0 saturated heterocycles. The van der Waals surface area contributed by atoms with Gasteiger partial charge in [-0.15, -0.1) is 0 Å². The fraction of sp³-hybridized carbons (Fsp3) is 0.596. The van der Waals surface area contributed by atoms with Crippen molar-refractivity contribution in [1.82, 2.24) is 5.32 Å². The van der Waals surface area contributed by atoms with Gasteiger partial charge in [0.1, 0.15) is 0 Å². The van der Waals surface area contributed by atoms with E-state index in [1.807, 2.05) is 24.3 Å². The van der Waals surface area contributed by atoms with Gasteiger partial charge in [0.15, 0.2) is 0 Å². The summed E-state index contributed by atoms with van der Waals surface area (Å²) in [6, 6.07) is 14.7. The zero-order valence-electron chi connectivity index (χ0n) is 33.1. The number of carboxylic acids is 1. The fourth-order valence-corrected chi connectivity index (χ4v) is 13.9. The zero-order chi connectivity index (χ0) is 38.1. The van der Waals surface area contributed by atoms with E-state index in [-0.39, 0.29) is 39.0 Å². The average molecular weight is 720 g/mol. The Morgan fingerprint density at radius 3 is 2.15 bits per heavy atom. The maximum Gasteiger partial charge on any atom is 0.337 e. The number of hydrogen-bond donors (Lipinski definition) is 2. The van der Waals surface area contributed by atoms with Crippen molar-refractivity contribution in [2.45, 2.75) is 106 Å². The van der Waals surface area contributed by atoms with Crippen LogP contribution < -0.4 is 5.32 Å². The van der Waals surface area contributed by atoms with E-state index in [2.05, 4.69) is 59.5 Å². The normalized spacial score (nSPS) is 36.8. The molecule has 0 aromatic heterocycles. The Balaban J connectivity index is 1.13. The quantitative estimate of drug-likeness (QED) is 0.209. The van der Waals surface area contributed by atoms with Crippen molar-refractivity contribution in [2.75, 3.05) is 13.7 Å². The number of methoxy groups -OCH3 is 1. The molecule has 0 heterocycles. The monoisotopic (exact) mass is 719 g/mol. The SMILES string of the molecule is C=C(C)[C@@H]1CC[C@]2(CNC(=O)Cc3ccc(C(=O)OC)cc3)CC[C@]3(C)[C@H](CC[C@@H]4[C@@]5(C)CC=C(c6ccc(C(=O)O)cc6)C(C)(C)[C@@H]5CC[C@]43C)[C@@H]12. The number of hydrogen-bond acceptors (Lipinski definition) is 4. The Morgan fingerprint density at radius 1 is 0.830 bits per heavy atom. The Kier molecular flexibility index (Phi) is 9.42. The number of fused-ring (bicyclic) bond motifs is 7. The Morgan fingerprint density at radius 2 is 1.51 bits per heavy atom. The molecular weight excluding hydrogens is 659 g/mol. The molecule has 9 atom stereocenters. The predicted molar refractivity (Wildman–Crippen MR) is 210 cm³/mol. The average Bonchev–Trinajstić information content (AvgIpc) is 3.51. The van der Waals surface area contributed by atoms with E-state index in [9.17, 15) is 19.5 Å². The third-order valence-corrected chi connectivity index (χ3v) is 16.6. The summed E-state index contributed by atoms with van der Waals surface area (Å²) in [6.45, 7) is 20.4. The molecule has 2 aromatic carbocycles. The number of allylic oxidation sites excluding steroid dienone is 3. The van der Waals surface area contributed by atoms with E-state index in [4.69, 9.17) is 4.74 Å². The first-order valence-corrected chi connectivity index (χ1v) is 20.1. The number of carbonyl (C=O) groups excluding carboxylic acids is 2. The van der Waals surface area contributed by atoms with Crippen molar-refractivity contribution in [3.05, 3.63) is 89.0 Å². The maximum atomic E-state index is 13.4. The van der Waals surface area contributed by atoms with Crippen LogP contribution in [0.2, 0.25) is 0 Å². The van der Waals surface area contributed by atoms with Crippen molar-refractivity contribution in [2.24, 2.45) is 56.7 Å². The van der Waals surface area contributed by atoms with Crippen LogP contribution in [0.15, 0.2) is 66.8 Å². The van der Waals surface area contributed by atoms with Crippen LogP contribution in [0.25, 0.3) is 5.57 Å². The summed E-state index contributed by atoms with van der Waals surface area (Å²) in [6.07, 6.45) is 13.5. The molecule has 1 amide bonds. The second-order valence-electron chi connectivity index (χ2n) is 19.1. The van der Waals surface area contributed by atoms with Gasteiger partial charge < -0.3 is 15.2 Å².